The molecule has 3 N–H and O–H groups in total. The Morgan fingerprint density at radius 1 is 1.45 bits per heavy atom. The van der Waals surface area contributed by atoms with Crippen molar-refractivity contribution in [1.29, 1.82) is 0 Å². The van der Waals surface area contributed by atoms with E-state index >= 15 is 0 Å². The van der Waals surface area contributed by atoms with Crippen molar-refractivity contribution in [2.45, 2.75) is 19.5 Å². The lowest BCUT2D eigenvalue weighted by atomic mass is 10.1. The van der Waals surface area contributed by atoms with E-state index in [1.807, 2.05) is 0 Å². The molecule has 0 aliphatic carbocycles. The second kappa shape index (κ2) is 6.19. The van der Waals surface area contributed by atoms with E-state index in [9.17, 15) is 4.39 Å². The Hall–Kier alpha value is -1.66. The maximum Gasteiger partial charge on any atom is 0.170 e. The van der Waals surface area contributed by atoms with Crippen LogP contribution in [0.15, 0.2) is 23.4 Å². The number of nitrogens with zero attached hydrogens (tertiary/aromatic N) is 3. The zero-order valence-corrected chi connectivity index (χ0v) is 11.9. The van der Waals surface area contributed by atoms with Gasteiger partial charge in [0.25, 0.3) is 0 Å². The summed E-state index contributed by atoms with van der Waals surface area (Å²) in [6.07, 6.45) is 0. The lowest BCUT2D eigenvalue weighted by molar-refractivity contribution is 0.0999. The molecule has 1 aliphatic rings. The largest absolute Gasteiger partial charge is 0.409 e. The summed E-state index contributed by atoms with van der Waals surface area (Å²) in [6, 6.07) is 5.02. The van der Waals surface area contributed by atoms with E-state index < -0.39 is 0 Å². The predicted octanol–water partition coefficient (Wildman–Crippen LogP) is 1.06. The fourth-order valence-corrected chi connectivity index (χ4v) is 2.47. The molecule has 5 nitrogen and oxygen atoms in total. The maximum absolute atomic E-state index is 13.6. The Morgan fingerprint density at radius 3 is 2.85 bits per heavy atom. The van der Waals surface area contributed by atoms with Crippen LogP contribution in [0.25, 0.3) is 0 Å². The van der Waals surface area contributed by atoms with Crippen LogP contribution in [0.5, 0.6) is 0 Å². The first-order chi connectivity index (χ1) is 9.49. The van der Waals surface area contributed by atoms with Crippen molar-refractivity contribution >= 4 is 5.84 Å². The van der Waals surface area contributed by atoms with Gasteiger partial charge in [0.2, 0.25) is 0 Å². The van der Waals surface area contributed by atoms with Crippen molar-refractivity contribution in [1.82, 2.24) is 9.80 Å². The van der Waals surface area contributed by atoms with Crippen molar-refractivity contribution in [2.75, 3.05) is 26.7 Å². The minimum Gasteiger partial charge on any atom is -0.409 e. The summed E-state index contributed by atoms with van der Waals surface area (Å²) in [5.41, 5.74) is 6.76. The topological polar surface area (TPSA) is 65.1 Å². The third kappa shape index (κ3) is 3.46. The lowest BCUT2D eigenvalue weighted by Gasteiger charge is -2.37. The average molecular weight is 280 g/mol. The number of piperazine rings is 1. The fourth-order valence-electron chi connectivity index (χ4n) is 2.47. The molecule has 6 heteroatoms. The number of hydrogen-bond donors (Lipinski definition) is 2. The zero-order chi connectivity index (χ0) is 14.7. The van der Waals surface area contributed by atoms with E-state index in [0.717, 1.165) is 25.2 Å². The minimum absolute atomic E-state index is 0.0718. The van der Waals surface area contributed by atoms with Crippen LogP contribution in [0, 0.1) is 5.82 Å². The van der Waals surface area contributed by atoms with Crippen molar-refractivity contribution < 1.29 is 9.60 Å². The van der Waals surface area contributed by atoms with Crippen molar-refractivity contribution in [3.05, 3.63) is 35.1 Å². The molecule has 20 heavy (non-hydrogen) atoms. The molecule has 1 atom stereocenters. The minimum atomic E-state index is -0.369. The summed E-state index contributed by atoms with van der Waals surface area (Å²) in [5, 5.41) is 11.6. The summed E-state index contributed by atoms with van der Waals surface area (Å²) in [5.74, 6) is -0.441. The van der Waals surface area contributed by atoms with Gasteiger partial charge in [-0.05, 0) is 37.7 Å². The zero-order valence-electron chi connectivity index (χ0n) is 11.9. The molecule has 1 aliphatic heterocycles. The molecule has 1 aromatic carbocycles. The molecule has 110 valence electrons. The molecule has 0 spiro atoms. The number of halogens is 1. The predicted molar refractivity (Wildman–Crippen MR) is 76.3 cm³/mol. The van der Waals surface area contributed by atoms with Gasteiger partial charge in [-0.1, -0.05) is 5.16 Å². The van der Waals surface area contributed by atoms with Crippen LogP contribution in [0.4, 0.5) is 4.39 Å². The van der Waals surface area contributed by atoms with Crippen molar-refractivity contribution in [2.24, 2.45) is 10.9 Å². The van der Waals surface area contributed by atoms with Crippen LogP contribution >= 0.6 is 0 Å². The Labute approximate surface area is 118 Å². The Morgan fingerprint density at radius 2 is 2.20 bits per heavy atom. The van der Waals surface area contributed by atoms with Gasteiger partial charge in [-0.3, -0.25) is 4.90 Å². The number of hydrogen-bond acceptors (Lipinski definition) is 4. The van der Waals surface area contributed by atoms with Gasteiger partial charge in [0.1, 0.15) is 5.82 Å². The van der Waals surface area contributed by atoms with E-state index in [4.69, 9.17) is 10.9 Å². The van der Waals surface area contributed by atoms with Gasteiger partial charge in [0.15, 0.2) is 5.84 Å². The number of nitrogens with two attached hydrogens (primary N) is 1. The first kappa shape index (κ1) is 14.7. The van der Waals surface area contributed by atoms with Crippen molar-refractivity contribution in [3.63, 3.8) is 0 Å². The number of benzene rings is 1. The van der Waals surface area contributed by atoms with E-state index in [2.05, 4.69) is 28.9 Å². The average Bonchev–Trinajstić information content (AvgIpc) is 2.41. The van der Waals surface area contributed by atoms with Gasteiger partial charge in [-0.25, -0.2) is 4.39 Å². The van der Waals surface area contributed by atoms with Crippen molar-refractivity contribution in [3.8, 4) is 0 Å². The highest BCUT2D eigenvalue weighted by Gasteiger charge is 2.20. The Kier molecular flexibility index (Phi) is 4.57. The molecular formula is C14H21FN4O. The molecule has 0 bridgehead atoms. The van der Waals surface area contributed by atoms with Gasteiger partial charge >= 0.3 is 0 Å². The Bertz CT molecular complexity index is 506. The van der Waals surface area contributed by atoms with Gasteiger partial charge < -0.3 is 15.8 Å². The van der Waals surface area contributed by atoms with E-state index in [0.29, 0.717) is 18.2 Å². The van der Waals surface area contributed by atoms with Crippen LogP contribution in [0.1, 0.15) is 18.1 Å². The first-order valence-corrected chi connectivity index (χ1v) is 6.69. The summed E-state index contributed by atoms with van der Waals surface area (Å²) in [7, 11) is 2.11. The highest BCUT2D eigenvalue weighted by atomic mass is 19.1. The smallest absolute Gasteiger partial charge is 0.170 e. The van der Waals surface area contributed by atoms with E-state index in [-0.39, 0.29) is 11.7 Å². The van der Waals surface area contributed by atoms with Gasteiger partial charge in [0, 0.05) is 37.8 Å². The highest BCUT2D eigenvalue weighted by molar-refractivity contribution is 5.97. The molecule has 1 heterocycles. The van der Waals surface area contributed by atoms with Gasteiger partial charge in [-0.2, -0.15) is 0 Å². The summed E-state index contributed by atoms with van der Waals surface area (Å²) < 4.78 is 13.6. The number of rotatable bonds is 3. The van der Waals surface area contributed by atoms with Crippen LogP contribution in [-0.2, 0) is 6.54 Å². The van der Waals surface area contributed by atoms with Gasteiger partial charge in [-0.15, -0.1) is 0 Å². The summed E-state index contributed by atoms with van der Waals surface area (Å²) >= 11 is 0. The molecule has 0 radical (unpaired) electrons. The highest BCUT2D eigenvalue weighted by Crippen LogP contribution is 2.15. The normalized spacial score (nSPS) is 22.1. The third-order valence-corrected chi connectivity index (χ3v) is 3.81. The molecule has 1 saturated heterocycles. The lowest BCUT2D eigenvalue weighted by Crippen LogP contribution is -2.49. The standard InChI is InChI=1S/C14H21FN4O/c1-10-8-19(4-3-18(10)2)9-11-5-12(14(16)17-20)7-13(15)6-11/h5-7,10,20H,3-4,8-9H2,1-2H3,(H2,16,17). The molecule has 0 amide bonds. The van der Waals surface area contributed by atoms with Crippen LogP contribution in [0.3, 0.4) is 0 Å². The molecule has 1 aromatic rings. The second-order valence-electron chi connectivity index (χ2n) is 5.40. The maximum atomic E-state index is 13.6. The molecule has 2 rings (SSSR count). The number of oxime groups is 1. The van der Waals surface area contributed by atoms with E-state index in [1.54, 1.807) is 6.07 Å². The van der Waals surface area contributed by atoms with Crippen LogP contribution in [0.2, 0.25) is 0 Å². The first-order valence-electron chi connectivity index (χ1n) is 6.69. The van der Waals surface area contributed by atoms with Crippen LogP contribution < -0.4 is 5.73 Å². The summed E-state index contributed by atoms with van der Waals surface area (Å²) in [6.45, 7) is 5.76. The monoisotopic (exact) mass is 280 g/mol. The molecule has 1 fully saturated rings. The van der Waals surface area contributed by atoms with Gasteiger partial charge in [0.05, 0.1) is 0 Å². The quantitative estimate of drug-likeness (QED) is 0.376. The van der Waals surface area contributed by atoms with E-state index in [1.165, 1.54) is 12.1 Å². The second-order valence-corrected chi connectivity index (χ2v) is 5.40. The summed E-state index contributed by atoms with van der Waals surface area (Å²) in [4.78, 5) is 4.60. The molecule has 1 unspecified atom stereocenters. The SMILES string of the molecule is CC1CN(Cc2cc(F)cc(/C(N)=N/O)c2)CCN1C. The molecule has 0 saturated carbocycles. The van der Waals surface area contributed by atoms with Crippen LogP contribution in [-0.4, -0.2) is 53.6 Å². The molecular weight excluding hydrogens is 259 g/mol. The number of likely N-dealkylation sites (N-methyl/N-ethyl adjacent to an activating group) is 1. The number of amidine groups is 1. The Balaban J connectivity index is 2.11. The molecule has 0 aromatic heterocycles. The third-order valence-electron chi connectivity index (χ3n) is 3.81. The fraction of sp³-hybridized carbons (Fsp3) is 0.500.